The van der Waals surface area contributed by atoms with Gasteiger partial charge in [-0.05, 0) is 18.3 Å². The summed E-state index contributed by atoms with van der Waals surface area (Å²) in [5.74, 6) is 9.66. The number of rotatable bonds is 8. The van der Waals surface area contributed by atoms with E-state index in [1.54, 1.807) is 0 Å². The molecule has 0 spiro atoms. The van der Waals surface area contributed by atoms with Crippen LogP contribution in [0.25, 0.3) is 0 Å². The van der Waals surface area contributed by atoms with Gasteiger partial charge in [0.25, 0.3) is 0 Å². The predicted octanol–water partition coefficient (Wildman–Crippen LogP) is -1.88. The Labute approximate surface area is 132 Å². The number of aliphatic carboxylic acids is 1. The molecule has 0 aromatic carbocycles. The number of carboxylic acids is 1. The van der Waals surface area contributed by atoms with E-state index in [-0.39, 0.29) is 36.2 Å². The van der Waals surface area contributed by atoms with Gasteiger partial charge in [0, 0.05) is 6.42 Å². The first-order valence-electron chi connectivity index (χ1n) is 6.00. The molecule has 0 aromatic heterocycles. The predicted molar refractivity (Wildman–Crippen MR) is 64.8 cm³/mol. The van der Waals surface area contributed by atoms with Gasteiger partial charge in [-0.2, -0.15) is 0 Å². The minimum Gasteiger partial charge on any atom is -0.548 e. The van der Waals surface area contributed by atoms with Gasteiger partial charge in [0.05, 0.1) is 12.6 Å². The van der Waals surface area contributed by atoms with Crippen molar-refractivity contribution in [2.75, 3.05) is 13.2 Å². The summed E-state index contributed by atoms with van der Waals surface area (Å²) >= 11 is 0. The first-order chi connectivity index (χ1) is 8.27. The van der Waals surface area contributed by atoms with Crippen molar-refractivity contribution >= 4 is 5.97 Å². The second-order valence-electron chi connectivity index (χ2n) is 3.63. The summed E-state index contributed by atoms with van der Waals surface area (Å²) in [6.45, 7) is 1.86. The number of carbonyl (C=O) groups is 1. The van der Waals surface area contributed by atoms with Gasteiger partial charge in [0.15, 0.2) is 0 Å². The molecule has 94 valence electrons. The Hall–Kier alpha value is -0.450. The van der Waals surface area contributed by atoms with Gasteiger partial charge in [-0.25, -0.2) is 0 Å². The summed E-state index contributed by atoms with van der Waals surface area (Å²) in [4.78, 5) is 9.97. The van der Waals surface area contributed by atoms with Crippen molar-refractivity contribution in [3.05, 3.63) is 0 Å². The van der Waals surface area contributed by atoms with Crippen LogP contribution in [0.15, 0.2) is 0 Å². The van der Waals surface area contributed by atoms with Gasteiger partial charge in [0.2, 0.25) is 0 Å². The summed E-state index contributed by atoms with van der Waals surface area (Å²) < 4.78 is 4.66. The quantitative estimate of drug-likeness (QED) is 0.291. The van der Waals surface area contributed by atoms with Crippen molar-refractivity contribution < 1.29 is 44.2 Å². The molecule has 0 atom stereocenters. The molecule has 0 aliphatic rings. The maximum Gasteiger partial charge on any atom is 1.00 e. The van der Waals surface area contributed by atoms with Crippen LogP contribution in [-0.2, 0) is 9.53 Å². The van der Waals surface area contributed by atoms with Gasteiger partial charge in [0.1, 0.15) is 6.61 Å². The SMILES string of the molecule is CCCCCCCC#CC#CCOCC(=O)[O-].[Na+]. The van der Waals surface area contributed by atoms with E-state index < -0.39 is 12.6 Å². The van der Waals surface area contributed by atoms with Crippen LogP contribution in [0, 0.1) is 23.7 Å². The Kier molecular flexibility index (Phi) is 18.3. The van der Waals surface area contributed by atoms with Crippen molar-refractivity contribution in [2.24, 2.45) is 0 Å². The van der Waals surface area contributed by atoms with Crippen LogP contribution in [-0.4, -0.2) is 19.2 Å². The molecular formula is C14H19NaO3. The molecule has 0 bridgehead atoms. The van der Waals surface area contributed by atoms with Crippen molar-refractivity contribution in [1.29, 1.82) is 0 Å². The number of hydrogen-bond donors (Lipinski definition) is 0. The van der Waals surface area contributed by atoms with Crippen LogP contribution in [0.3, 0.4) is 0 Å². The summed E-state index contributed by atoms with van der Waals surface area (Å²) in [7, 11) is 0. The third kappa shape index (κ3) is 17.9. The molecule has 0 N–H and O–H groups in total. The van der Waals surface area contributed by atoms with Crippen LogP contribution in [0.2, 0.25) is 0 Å². The summed E-state index contributed by atoms with van der Waals surface area (Å²) in [6.07, 6.45) is 7.05. The zero-order valence-corrected chi connectivity index (χ0v) is 13.4. The second kappa shape index (κ2) is 16.6. The Morgan fingerprint density at radius 2 is 1.78 bits per heavy atom. The minimum atomic E-state index is -1.23. The summed E-state index contributed by atoms with van der Waals surface area (Å²) in [5, 5.41) is 9.97. The fourth-order valence-electron chi connectivity index (χ4n) is 1.19. The largest absolute Gasteiger partial charge is 1.00 e. The van der Waals surface area contributed by atoms with E-state index in [0.717, 1.165) is 12.8 Å². The molecular weight excluding hydrogens is 239 g/mol. The fraction of sp³-hybridized carbons (Fsp3) is 0.643. The molecule has 0 aromatic rings. The van der Waals surface area contributed by atoms with Gasteiger partial charge in [-0.15, -0.1) is 0 Å². The normalized spacial score (nSPS) is 8.28. The van der Waals surface area contributed by atoms with Crippen LogP contribution in [0.5, 0.6) is 0 Å². The number of unbranched alkanes of at least 4 members (excludes halogenated alkanes) is 5. The molecule has 0 aliphatic heterocycles. The average molecular weight is 258 g/mol. The van der Waals surface area contributed by atoms with Crippen LogP contribution < -0.4 is 34.7 Å². The van der Waals surface area contributed by atoms with Gasteiger partial charge < -0.3 is 14.6 Å². The number of carboxylic acid groups (broad SMARTS) is 1. The fourth-order valence-corrected chi connectivity index (χ4v) is 1.19. The van der Waals surface area contributed by atoms with Crippen LogP contribution >= 0.6 is 0 Å². The smallest absolute Gasteiger partial charge is 0.548 e. The third-order valence-electron chi connectivity index (χ3n) is 2.04. The van der Waals surface area contributed by atoms with E-state index in [0.29, 0.717) is 0 Å². The molecule has 0 saturated heterocycles. The van der Waals surface area contributed by atoms with Crippen molar-refractivity contribution in [2.45, 2.75) is 45.4 Å². The number of hydrogen-bond acceptors (Lipinski definition) is 3. The molecule has 18 heavy (non-hydrogen) atoms. The van der Waals surface area contributed by atoms with E-state index in [9.17, 15) is 9.90 Å². The maximum atomic E-state index is 9.97. The second-order valence-corrected chi connectivity index (χ2v) is 3.63. The first-order valence-corrected chi connectivity index (χ1v) is 6.00. The Balaban J connectivity index is 0. The number of ether oxygens (including phenoxy) is 1. The van der Waals surface area contributed by atoms with Gasteiger partial charge in [-0.1, -0.05) is 44.4 Å². The van der Waals surface area contributed by atoms with Crippen LogP contribution in [0.1, 0.15) is 45.4 Å². The Morgan fingerprint density at radius 1 is 1.11 bits per heavy atom. The molecule has 0 fully saturated rings. The monoisotopic (exact) mass is 258 g/mol. The molecule has 0 rings (SSSR count). The zero-order chi connectivity index (χ0) is 12.8. The minimum absolute atomic E-state index is 0. The average Bonchev–Trinajstić information content (AvgIpc) is 2.30. The van der Waals surface area contributed by atoms with E-state index >= 15 is 0 Å². The molecule has 0 saturated carbocycles. The Bertz CT molecular complexity index is 317. The first kappa shape index (κ1) is 19.9. The maximum absolute atomic E-state index is 9.97. The van der Waals surface area contributed by atoms with Crippen molar-refractivity contribution in [3.8, 4) is 23.7 Å². The van der Waals surface area contributed by atoms with Crippen LogP contribution in [0.4, 0.5) is 0 Å². The van der Waals surface area contributed by atoms with Gasteiger partial charge in [-0.3, -0.25) is 0 Å². The Morgan fingerprint density at radius 3 is 2.44 bits per heavy atom. The molecule has 0 unspecified atom stereocenters. The van der Waals surface area contributed by atoms with E-state index in [4.69, 9.17) is 0 Å². The van der Waals surface area contributed by atoms with E-state index in [1.807, 2.05) is 0 Å². The third-order valence-corrected chi connectivity index (χ3v) is 2.04. The molecule has 0 radical (unpaired) electrons. The summed E-state index contributed by atoms with van der Waals surface area (Å²) in [5.41, 5.74) is 0. The van der Waals surface area contributed by atoms with Crippen molar-refractivity contribution in [1.82, 2.24) is 0 Å². The standard InChI is InChI=1S/C14H20O3.Na/c1-2-3-4-5-6-7-8-9-10-11-12-17-13-14(15)16;/h2-7,12-13H2,1H3,(H,15,16);/q;+1/p-1. The molecule has 3 nitrogen and oxygen atoms in total. The molecule has 0 aliphatic carbocycles. The topological polar surface area (TPSA) is 49.4 Å². The molecule has 0 amide bonds. The van der Waals surface area contributed by atoms with Gasteiger partial charge >= 0.3 is 29.6 Å². The van der Waals surface area contributed by atoms with Crippen molar-refractivity contribution in [3.63, 3.8) is 0 Å². The molecule has 4 heteroatoms. The van der Waals surface area contributed by atoms with E-state index in [1.165, 1.54) is 25.7 Å². The summed E-state index contributed by atoms with van der Waals surface area (Å²) in [6, 6.07) is 0. The zero-order valence-electron chi connectivity index (χ0n) is 11.4. The van der Waals surface area contributed by atoms with E-state index in [2.05, 4.69) is 35.3 Å². The number of carbonyl (C=O) groups excluding carboxylic acids is 1. The molecule has 0 heterocycles.